The predicted molar refractivity (Wildman–Crippen MR) is 73.3 cm³/mol. The molecule has 0 heterocycles. The van der Waals surface area contributed by atoms with Gasteiger partial charge in [0.1, 0.15) is 6.10 Å². The zero-order chi connectivity index (χ0) is 13.5. The first-order chi connectivity index (χ1) is 8.62. The second-order valence-electron chi connectivity index (χ2n) is 3.53. The quantitative estimate of drug-likeness (QED) is 0.834. The molecule has 3 N–H and O–H groups in total. The Morgan fingerprint density at radius 2 is 2.21 bits per heavy atom. The third kappa shape index (κ3) is 5.02. The molecule has 0 saturated carbocycles. The van der Waals surface area contributed by atoms with Crippen LogP contribution >= 0.6 is 12.4 Å². The van der Waals surface area contributed by atoms with Gasteiger partial charge in [0, 0.05) is 25.4 Å². The molecule has 0 aliphatic rings. The molecule has 5 nitrogen and oxygen atoms in total. The average molecular weight is 293 g/mol. The van der Waals surface area contributed by atoms with Gasteiger partial charge in [0.15, 0.2) is 11.6 Å². The van der Waals surface area contributed by atoms with E-state index in [9.17, 15) is 9.18 Å². The van der Waals surface area contributed by atoms with Crippen molar-refractivity contribution >= 4 is 24.0 Å². The Balaban J connectivity index is 0.00000324. The number of nitrogens with one attached hydrogen (secondary N) is 1. The predicted octanol–water partition coefficient (Wildman–Crippen LogP) is 1.56. The molecule has 0 aromatic heterocycles. The maximum Gasteiger partial charge on any atom is 0.254 e. The Bertz CT molecular complexity index is 414. The van der Waals surface area contributed by atoms with Crippen LogP contribution in [-0.4, -0.2) is 32.3 Å². The van der Waals surface area contributed by atoms with Crippen LogP contribution in [0.5, 0.6) is 5.75 Å². The van der Waals surface area contributed by atoms with Crippen LogP contribution in [0.15, 0.2) is 18.2 Å². The number of amides is 1. The summed E-state index contributed by atoms with van der Waals surface area (Å²) in [4.78, 5) is 11.6. The van der Waals surface area contributed by atoms with Crippen molar-refractivity contribution in [2.24, 2.45) is 5.73 Å². The fourth-order valence-corrected chi connectivity index (χ4v) is 1.38. The van der Waals surface area contributed by atoms with Crippen LogP contribution in [0.2, 0.25) is 0 Å². The highest BCUT2D eigenvalue weighted by molar-refractivity contribution is 5.94. The van der Waals surface area contributed by atoms with E-state index < -0.39 is 17.8 Å². The van der Waals surface area contributed by atoms with E-state index in [1.165, 1.54) is 19.2 Å². The van der Waals surface area contributed by atoms with Gasteiger partial charge in [-0.1, -0.05) is 0 Å². The number of hydrogen-bond acceptors (Lipinski definition) is 4. The van der Waals surface area contributed by atoms with Crippen molar-refractivity contribution in [3.05, 3.63) is 24.0 Å². The molecule has 1 aromatic rings. The van der Waals surface area contributed by atoms with Gasteiger partial charge in [0.2, 0.25) is 0 Å². The summed E-state index contributed by atoms with van der Waals surface area (Å²) < 4.78 is 23.4. The van der Waals surface area contributed by atoms with Crippen molar-refractivity contribution in [1.29, 1.82) is 0 Å². The van der Waals surface area contributed by atoms with Crippen LogP contribution in [-0.2, 0) is 9.53 Å². The lowest BCUT2D eigenvalue weighted by Gasteiger charge is -2.13. The van der Waals surface area contributed by atoms with E-state index in [1.54, 1.807) is 13.0 Å². The number of hydrogen-bond donors (Lipinski definition) is 2. The molecule has 1 aromatic carbocycles. The molecule has 0 bridgehead atoms. The van der Waals surface area contributed by atoms with Gasteiger partial charge >= 0.3 is 0 Å². The second kappa shape index (κ2) is 8.68. The number of carbonyl (C=O) groups excluding carboxylic acids is 1. The normalized spacial score (nSPS) is 11.4. The number of methoxy groups -OCH3 is 1. The number of carbonyl (C=O) groups is 1. The molecule has 0 aliphatic carbocycles. The Kier molecular flexibility index (Phi) is 8.06. The first-order valence-electron chi connectivity index (χ1n) is 5.58. The van der Waals surface area contributed by atoms with Crippen LogP contribution < -0.4 is 15.8 Å². The van der Waals surface area contributed by atoms with E-state index in [-0.39, 0.29) is 24.7 Å². The minimum Gasteiger partial charge on any atom is -0.491 e. The number of nitrogens with two attached hydrogens (primary N) is 1. The SMILES string of the molecule is CCOc1ccc(NC(=O)C(CN)OC)cc1F.Cl. The molecule has 1 unspecified atom stereocenters. The van der Waals surface area contributed by atoms with Crippen LogP contribution in [0.4, 0.5) is 10.1 Å². The van der Waals surface area contributed by atoms with Crippen LogP contribution in [0.3, 0.4) is 0 Å². The fourth-order valence-electron chi connectivity index (χ4n) is 1.38. The summed E-state index contributed by atoms with van der Waals surface area (Å²) in [5.41, 5.74) is 5.68. The van der Waals surface area contributed by atoms with Crippen molar-refractivity contribution in [3.8, 4) is 5.75 Å². The van der Waals surface area contributed by atoms with Gasteiger partial charge in [-0.15, -0.1) is 12.4 Å². The first kappa shape index (κ1) is 17.6. The topological polar surface area (TPSA) is 73.6 Å². The number of benzene rings is 1. The van der Waals surface area contributed by atoms with E-state index in [0.29, 0.717) is 12.3 Å². The summed E-state index contributed by atoms with van der Waals surface area (Å²) in [5, 5.41) is 2.51. The molecular formula is C12H18ClFN2O3. The highest BCUT2D eigenvalue weighted by atomic mass is 35.5. The summed E-state index contributed by atoms with van der Waals surface area (Å²) in [6.45, 7) is 2.20. The summed E-state index contributed by atoms with van der Waals surface area (Å²) >= 11 is 0. The van der Waals surface area contributed by atoms with Crippen molar-refractivity contribution in [2.45, 2.75) is 13.0 Å². The van der Waals surface area contributed by atoms with Gasteiger partial charge in [-0.3, -0.25) is 4.79 Å². The molecule has 1 amide bonds. The van der Waals surface area contributed by atoms with Crippen molar-refractivity contribution < 1.29 is 18.7 Å². The third-order valence-corrected chi connectivity index (χ3v) is 2.29. The molecule has 0 radical (unpaired) electrons. The summed E-state index contributed by atoms with van der Waals surface area (Å²) in [6, 6.07) is 4.19. The molecule has 0 fully saturated rings. The Morgan fingerprint density at radius 1 is 1.53 bits per heavy atom. The molecule has 7 heteroatoms. The maximum atomic E-state index is 13.5. The van der Waals surface area contributed by atoms with E-state index in [1.807, 2.05) is 0 Å². The molecule has 19 heavy (non-hydrogen) atoms. The summed E-state index contributed by atoms with van der Waals surface area (Å²) in [5.74, 6) is -0.794. The molecule has 0 saturated heterocycles. The largest absolute Gasteiger partial charge is 0.491 e. The standard InChI is InChI=1S/C12H17FN2O3.ClH/c1-3-18-10-5-4-8(6-9(10)13)15-12(16)11(7-14)17-2;/h4-6,11H,3,7,14H2,1-2H3,(H,15,16);1H. The smallest absolute Gasteiger partial charge is 0.254 e. The van der Waals surface area contributed by atoms with Gasteiger partial charge < -0.3 is 20.5 Å². The van der Waals surface area contributed by atoms with Crippen LogP contribution in [0.1, 0.15) is 6.92 Å². The number of rotatable bonds is 6. The van der Waals surface area contributed by atoms with Gasteiger partial charge in [-0.25, -0.2) is 4.39 Å². The highest BCUT2D eigenvalue weighted by Crippen LogP contribution is 2.21. The number of anilines is 1. The lowest BCUT2D eigenvalue weighted by atomic mass is 10.2. The van der Waals surface area contributed by atoms with Gasteiger partial charge in [-0.05, 0) is 19.1 Å². The highest BCUT2D eigenvalue weighted by Gasteiger charge is 2.16. The Hall–Kier alpha value is -1.37. The molecule has 0 aliphatic heterocycles. The zero-order valence-corrected chi connectivity index (χ0v) is 11.6. The Labute approximate surface area is 117 Å². The monoisotopic (exact) mass is 292 g/mol. The van der Waals surface area contributed by atoms with E-state index in [4.69, 9.17) is 15.2 Å². The average Bonchev–Trinajstić information content (AvgIpc) is 2.34. The minimum atomic E-state index is -0.750. The van der Waals surface area contributed by atoms with E-state index >= 15 is 0 Å². The zero-order valence-electron chi connectivity index (χ0n) is 10.8. The van der Waals surface area contributed by atoms with Crippen molar-refractivity contribution in [3.63, 3.8) is 0 Å². The van der Waals surface area contributed by atoms with Crippen LogP contribution in [0.25, 0.3) is 0 Å². The molecule has 1 rings (SSSR count). The fraction of sp³-hybridized carbons (Fsp3) is 0.417. The van der Waals surface area contributed by atoms with Crippen molar-refractivity contribution in [1.82, 2.24) is 0 Å². The lowest BCUT2D eigenvalue weighted by molar-refractivity contribution is -0.125. The van der Waals surface area contributed by atoms with Crippen molar-refractivity contribution in [2.75, 3.05) is 25.6 Å². The number of halogens is 2. The molecule has 1 atom stereocenters. The number of ether oxygens (including phenoxy) is 2. The van der Waals surface area contributed by atoms with Gasteiger partial charge in [0.05, 0.1) is 6.61 Å². The van der Waals surface area contributed by atoms with Gasteiger partial charge in [-0.2, -0.15) is 0 Å². The minimum absolute atomic E-state index is 0. The van der Waals surface area contributed by atoms with Crippen LogP contribution in [0, 0.1) is 5.82 Å². The second-order valence-corrected chi connectivity index (χ2v) is 3.53. The molecule has 0 spiro atoms. The Morgan fingerprint density at radius 3 is 2.68 bits per heavy atom. The summed E-state index contributed by atoms with van der Waals surface area (Å²) in [6.07, 6.45) is -0.750. The van der Waals surface area contributed by atoms with Gasteiger partial charge in [0.25, 0.3) is 5.91 Å². The van der Waals surface area contributed by atoms with E-state index in [0.717, 1.165) is 0 Å². The third-order valence-electron chi connectivity index (χ3n) is 2.29. The first-order valence-corrected chi connectivity index (χ1v) is 5.58. The van der Waals surface area contributed by atoms with E-state index in [2.05, 4.69) is 5.32 Å². The lowest BCUT2D eigenvalue weighted by Crippen LogP contribution is -2.35. The summed E-state index contributed by atoms with van der Waals surface area (Å²) in [7, 11) is 1.38. The molecule has 108 valence electrons. The molecular weight excluding hydrogens is 275 g/mol. The maximum absolute atomic E-state index is 13.5.